The highest BCUT2D eigenvalue weighted by atomic mass is 79.9. The molecule has 0 amide bonds. The predicted octanol–water partition coefficient (Wildman–Crippen LogP) is 7.41. The molecule has 0 spiro atoms. The lowest BCUT2D eigenvalue weighted by Gasteiger charge is -2.27. The first-order valence-corrected chi connectivity index (χ1v) is 14.7. The second-order valence-corrected chi connectivity index (χ2v) is 12.5. The molecule has 2 heterocycles. The summed E-state index contributed by atoms with van der Waals surface area (Å²) >= 11 is 3.51. The van der Waals surface area contributed by atoms with Gasteiger partial charge in [0.25, 0.3) is 0 Å². The second kappa shape index (κ2) is 12.7. The number of aliphatic hydroxyl groups is 1. The Labute approximate surface area is 247 Å². The van der Waals surface area contributed by atoms with Crippen LogP contribution in [0.25, 0.3) is 10.9 Å². The van der Waals surface area contributed by atoms with Gasteiger partial charge in [0.15, 0.2) is 0 Å². The third-order valence-corrected chi connectivity index (χ3v) is 7.77. The molecule has 3 aromatic rings. The van der Waals surface area contributed by atoms with Crippen molar-refractivity contribution in [2.75, 3.05) is 24.5 Å². The highest BCUT2D eigenvalue weighted by molar-refractivity contribution is 9.10. The number of aliphatic hydroxyl groups excluding tert-OH is 1. The molecule has 0 bridgehead atoms. The van der Waals surface area contributed by atoms with Gasteiger partial charge >= 0.3 is 12.1 Å². The predicted molar refractivity (Wildman–Crippen MR) is 158 cm³/mol. The van der Waals surface area contributed by atoms with Crippen LogP contribution in [0.1, 0.15) is 80.9 Å². The first-order chi connectivity index (χ1) is 19.2. The lowest BCUT2D eigenvalue weighted by molar-refractivity contribution is -0.155. The highest BCUT2D eigenvalue weighted by Gasteiger charge is 2.35. The molecule has 6 nitrogen and oxygen atoms in total. The topological polar surface area (TPSA) is 74.7 Å². The summed E-state index contributed by atoms with van der Waals surface area (Å²) in [6.07, 6.45) is -3.56. The summed E-state index contributed by atoms with van der Waals surface area (Å²) < 4.78 is 48.2. The van der Waals surface area contributed by atoms with E-state index in [2.05, 4.69) is 26.1 Å². The van der Waals surface area contributed by atoms with Crippen molar-refractivity contribution in [3.8, 4) is 0 Å². The second-order valence-electron chi connectivity index (χ2n) is 11.5. The molecule has 2 N–H and O–H groups in total. The van der Waals surface area contributed by atoms with Crippen molar-refractivity contribution >= 4 is 38.6 Å². The number of anilines is 1. The lowest BCUT2D eigenvalue weighted by Crippen LogP contribution is -2.30. The van der Waals surface area contributed by atoms with Crippen LogP contribution < -0.4 is 10.2 Å². The van der Waals surface area contributed by atoms with Gasteiger partial charge < -0.3 is 14.7 Å². The van der Waals surface area contributed by atoms with Gasteiger partial charge in [-0.1, -0.05) is 34.1 Å². The quantitative estimate of drug-likeness (QED) is 0.188. The highest BCUT2D eigenvalue weighted by Crippen LogP contribution is 2.38. The average molecular weight is 637 g/mol. The van der Waals surface area contributed by atoms with Crippen LogP contribution >= 0.6 is 15.9 Å². The molecule has 1 aliphatic rings. The number of hydrogen-bond acceptors (Lipinski definition) is 6. The van der Waals surface area contributed by atoms with Gasteiger partial charge in [-0.2, -0.15) is 13.2 Å². The number of carbonyl (C=O) groups is 1. The van der Waals surface area contributed by atoms with E-state index in [-0.39, 0.29) is 24.9 Å². The Morgan fingerprint density at radius 1 is 1.15 bits per heavy atom. The number of alkyl halides is 3. The molecule has 2 atom stereocenters. The normalized spacial score (nSPS) is 15.8. The number of rotatable bonds is 9. The van der Waals surface area contributed by atoms with Gasteiger partial charge in [0.05, 0.1) is 11.1 Å². The summed E-state index contributed by atoms with van der Waals surface area (Å²) in [6.45, 7) is 8.91. The third kappa shape index (κ3) is 7.78. The van der Waals surface area contributed by atoms with Crippen molar-refractivity contribution in [1.29, 1.82) is 0 Å². The number of nitrogens with one attached hydrogen (secondary N) is 1. The minimum Gasteiger partial charge on any atom is -0.460 e. The fraction of sp³-hybridized carbons (Fsp3) is 0.484. The van der Waals surface area contributed by atoms with Crippen LogP contribution in [0.5, 0.6) is 0 Å². The Bertz CT molecular complexity index is 1380. The van der Waals surface area contributed by atoms with Crippen molar-refractivity contribution in [2.45, 2.75) is 77.3 Å². The molecule has 10 heteroatoms. The molecule has 4 rings (SSSR count). The van der Waals surface area contributed by atoms with Crippen molar-refractivity contribution < 1.29 is 27.8 Å². The van der Waals surface area contributed by atoms with Gasteiger partial charge in [-0.25, -0.2) is 4.98 Å². The van der Waals surface area contributed by atoms with E-state index >= 15 is 0 Å². The number of fused-ring (bicyclic) bond motifs is 1. The van der Waals surface area contributed by atoms with Gasteiger partial charge in [0, 0.05) is 41.5 Å². The monoisotopic (exact) mass is 635 g/mol. The number of pyridine rings is 1. The first kappa shape index (κ1) is 31.3. The van der Waals surface area contributed by atoms with Gasteiger partial charge in [0.1, 0.15) is 17.6 Å². The van der Waals surface area contributed by atoms with Crippen molar-refractivity contribution in [2.24, 2.45) is 0 Å². The van der Waals surface area contributed by atoms with E-state index in [0.717, 1.165) is 58.8 Å². The molecule has 0 aliphatic carbocycles. The molecule has 2 aromatic carbocycles. The van der Waals surface area contributed by atoms with Crippen LogP contribution in [0.15, 0.2) is 46.9 Å². The standard InChI is InChI=1S/C31H37BrF3N3O3/c1-19-27(23-17-21(32)12-13-25(23)37-28(19)38-15-7-8-16-38)29(40)36-18-20(11-14-26(39)41-30(2,3)4)22-9-5-6-10-24(22)31(33,34)35/h5-6,9-10,12-13,17,20,29,36,40H,7-8,11,14-16,18H2,1-4H3. The van der Waals surface area contributed by atoms with Crippen LogP contribution in [0.3, 0.4) is 0 Å². The Morgan fingerprint density at radius 3 is 2.49 bits per heavy atom. The van der Waals surface area contributed by atoms with Crippen LogP contribution in [0.2, 0.25) is 0 Å². The van der Waals surface area contributed by atoms with Crippen molar-refractivity contribution in [3.63, 3.8) is 0 Å². The smallest absolute Gasteiger partial charge is 0.416 e. The Hall–Kier alpha value is -2.69. The molecule has 0 saturated carbocycles. The number of ether oxygens (including phenoxy) is 1. The summed E-state index contributed by atoms with van der Waals surface area (Å²) in [5, 5.41) is 15.4. The molecular formula is C31H37BrF3N3O3. The summed E-state index contributed by atoms with van der Waals surface area (Å²) in [7, 11) is 0. The molecular weight excluding hydrogens is 599 g/mol. The Morgan fingerprint density at radius 2 is 1.83 bits per heavy atom. The molecule has 222 valence electrons. The number of benzene rings is 2. The zero-order chi connectivity index (χ0) is 29.9. The van der Waals surface area contributed by atoms with Crippen LogP contribution in [-0.2, 0) is 15.7 Å². The summed E-state index contributed by atoms with van der Waals surface area (Å²) in [5.74, 6) is -0.395. The van der Waals surface area contributed by atoms with E-state index in [1.54, 1.807) is 26.8 Å². The number of esters is 1. The number of hydrogen-bond donors (Lipinski definition) is 2. The van der Waals surface area contributed by atoms with Gasteiger partial charge in [-0.15, -0.1) is 0 Å². The fourth-order valence-electron chi connectivity index (χ4n) is 5.45. The van der Waals surface area contributed by atoms with E-state index in [4.69, 9.17) is 9.72 Å². The SMILES string of the molecule is Cc1c(N2CCCC2)nc2ccc(Br)cc2c1C(O)NCC(CCC(=O)OC(C)(C)C)c1ccccc1C(F)(F)F. The van der Waals surface area contributed by atoms with Gasteiger partial charge in [-0.3, -0.25) is 10.1 Å². The first-order valence-electron chi connectivity index (χ1n) is 13.9. The third-order valence-electron chi connectivity index (χ3n) is 7.27. The Balaban J connectivity index is 1.66. The minimum absolute atomic E-state index is 0.00731. The molecule has 41 heavy (non-hydrogen) atoms. The zero-order valence-corrected chi connectivity index (χ0v) is 25.4. The molecule has 1 fully saturated rings. The zero-order valence-electron chi connectivity index (χ0n) is 23.8. The maximum atomic E-state index is 14.0. The number of halogens is 4. The molecule has 1 aromatic heterocycles. The number of carbonyl (C=O) groups excluding carboxylic acids is 1. The van der Waals surface area contributed by atoms with E-state index in [1.165, 1.54) is 12.1 Å². The van der Waals surface area contributed by atoms with Crippen molar-refractivity contribution in [1.82, 2.24) is 10.3 Å². The Kier molecular flexibility index (Phi) is 9.66. The summed E-state index contributed by atoms with van der Waals surface area (Å²) in [5.41, 5.74) is 0.787. The maximum absolute atomic E-state index is 14.0. The number of nitrogens with zero attached hydrogens (tertiary/aromatic N) is 2. The lowest BCUT2D eigenvalue weighted by atomic mass is 9.89. The minimum atomic E-state index is -4.56. The van der Waals surface area contributed by atoms with E-state index in [9.17, 15) is 23.1 Å². The number of aromatic nitrogens is 1. The van der Waals surface area contributed by atoms with Crippen molar-refractivity contribution in [3.05, 3.63) is 69.2 Å². The van der Waals surface area contributed by atoms with Gasteiger partial charge in [0.2, 0.25) is 0 Å². The molecule has 1 saturated heterocycles. The van der Waals surface area contributed by atoms with E-state index in [0.29, 0.717) is 5.56 Å². The summed E-state index contributed by atoms with van der Waals surface area (Å²) in [6, 6.07) is 11.1. The maximum Gasteiger partial charge on any atom is 0.416 e. The van der Waals surface area contributed by atoms with Crippen LogP contribution in [0, 0.1) is 6.92 Å². The molecule has 0 radical (unpaired) electrons. The van der Waals surface area contributed by atoms with E-state index in [1.807, 2.05) is 25.1 Å². The van der Waals surface area contributed by atoms with Crippen LogP contribution in [0.4, 0.5) is 19.0 Å². The fourth-order valence-corrected chi connectivity index (χ4v) is 5.81. The van der Waals surface area contributed by atoms with E-state index < -0.39 is 35.5 Å². The largest absolute Gasteiger partial charge is 0.460 e. The van der Waals surface area contributed by atoms with Crippen LogP contribution in [-0.4, -0.2) is 41.3 Å². The molecule has 2 unspecified atom stereocenters. The molecule has 1 aliphatic heterocycles. The summed E-state index contributed by atoms with van der Waals surface area (Å²) in [4.78, 5) is 19.6. The average Bonchev–Trinajstić information content (AvgIpc) is 3.41. The van der Waals surface area contributed by atoms with Gasteiger partial charge in [-0.05, 0) is 88.3 Å².